The SMILES string of the molecule is CCc1nc(C(C)NCC2(Cl)CC2)cs1. The summed E-state index contributed by atoms with van der Waals surface area (Å²) in [6.07, 6.45) is 3.31. The molecule has 1 heterocycles. The van der Waals surface area contributed by atoms with Crippen molar-refractivity contribution in [3.05, 3.63) is 16.1 Å². The number of aromatic nitrogens is 1. The van der Waals surface area contributed by atoms with Gasteiger partial charge < -0.3 is 5.32 Å². The lowest BCUT2D eigenvalue weighted by molar-refractivity contribution is 0.550. The molecule has 0 spiro atoms. The number of nitrogens with zero attached hydrogens (tertiary/aromatic N) is 1. The molecule has 2 nitrogen and oxygen atoms in total. The average Bonchev–Trinajstić information content (AvgIpc) is 2.81. The van der Waals surface area contributed by atoms with Crippen LogP contribution in [0.1, 0.15) is 43.4 Å². The highest BCUT2D eigenvalue weighted by atomic mass is 35.5. The molecule has 1 aliphatic carbocycles. The van der Waals surface area contributed by atoms with Gasteiger partial charge in [-0.05, 0) is 26.2 Å². The van der Waals surface area contributed by atoms with Crippen molar-refractivity contribution in [1.82, 2.24) is 10.3 Å². The lowest BCUT2D eigenvalue weighted by Gasteiger charge is -2.13. The second-order valence-corrected chi connectivity index (χ2v) is 6.02. The molecule has 0 aromatic carbocycles. The first-order chi connectivity index (χ1) is 7.13. The molecule has 1 saturated carbocycles. The van der Waals surface area contributed by atoms with E-state index in [0.29, 0.717) is 6.04 Å². The van der Waals surface area contributed by atoms with Crippen LogP contribution in [0.5, 0.6) is 0 Å². The van der Waals surface area contributed by atoms with Gasteiger partial charge in [-0.15, -0.1) is 22.9 Å². The first-order valence-electron chi connectivity index (χ1n) is 5.49. The molecular weight excluding hydrogens is 228 g/mol. The van der Waals surface area contributed by atoms with Crippen LogP contribution in [0.2, 0.25) is 0 Å². The second kappa shape index (κ2) is 4.40. The minimum absolute atomic E-state index is 0.0534. The third kappa shape index (κ3) is 2.92. The summed E-state index contributed by atoms with van der Waals surface area (Å²) in [4.78, 5) is 4.62. The van der Waals surface area contributed by atoms with Crippen molar-refractivity contribution in [2.75, 3.05) is 6.54 Å². The maximum Gasteiger partial charge on any atom is 0.0926 e. The van der Waals surface area contributed by atoms with E-state index in [1.165, 1.54) is 5.01 Å². The molecule has 1 aromatic rings. The Hall–Kier alpha value is -0.120. The van der Waals surface area contributed by atoms with Gasteiger partial charge in [0.1, 0.15) is 0 Å². The maximum absolute atomic E-state index is 6.23. The first kappa shape index (κ1) is 11.4. The fourth-order valence-electron chi connectivity index (χ4n) is 1.44. The van der Waals surface area contributed by atoms with Crippen LogP contribution in [-0.4, -0.2) is 16.4 Å². The smallest absolute Gasteiger partial charge is 0.0926 e. The minimum Gasteiger partial charge on any atom is -0.307 e. The van der Waals surface area contributed by atoms with Crippen molar-refractivity contribution in [2.24, 2.45) is 0 Å². The van der Waals surface area contributed by atoms with Gasteiger partial charge >= 0.3 is 0 Å². The zero-order valence-corrected chi connectivity index (χ0v) is 10.8. The van der Waals surface area contributed by atoms with Gasteiger partial charge in [-0.1, -0.05) is 6.92 Å². The number of nitrogens with one attached hydrogen (secondary N) is 1. The van der Waals surface area contributed by atoms with E-state index in [9.17, 15) is 0 Å². The number of halogens is 1. The van der Waals surface area contributed by atoms with Crippen LogP contribution in [0.25, 0.3) is 0 Å². The molecule has 1 fully saturated rings. The summed E-state index contributed by atoms with van der Waals surface area (Å²) in [6.45, 7) is 5.19. The maximum atomic E-state index is 6.23. The fraction of sp³-hybridized carbons (Fsp3) is 0.727. The number of thiazole rings is 1. The van der Waals surface area contributed by atoms with Gasteiger partial charge in [0.15, 0.2) is 0 Å². The molecule has 1 aromatic heterocycles. The molecule has 1 atom stereocenters. The van der Waals surface area contributed by atoms with Crippen molar-refractivity contribution in [1.29, 1.82) is 0 Å². The van der Waals surface area contributed by atoms with E-state index in [4.69, 9.17) is 11.6 Å². The summed E-state index contributed by atoms with van der Waals surface area (Å²) in [5.74, 6) is 0. The number of rotatable bonds is 5. The normalized spacial score (nSPS) is 20.2. The summed E-state index contributed by atoms with van der Waals surface area (Å²) >= 11 is 7.97. The molecule has 1 N–H and O–H groups in total. The molecule has 0 radical (unpaired) electrons. The van der Waals surface area contributed by atoms with E-state index in [1.807, 2.05) is 0 Å². The predicted octanol–water partition coefficient (Wildman–Crippen LogP) is 3.13. The van der Waals surface area contributed by atoms with Crippen molar-refractivity contribution in [3.8, 4) is 0 Å². The Labute approximate surface area is 100 Å². The third-order valence-electron chi connectivity index (χ3n) is 2.83. The Kier molecular flexibility index (Phi) is 3.33. The lowest BCUT2D eigenvalue weighted by Crippen LogP contribution is -2.27. The highest BCUT2D eigenvalue weighted by molar-refractivity contribution is 7.09. The van der Waals surface area contributed by atoms with Crippen molar-refractivity contribution in [2.45, 2.75) is 44.0 Å². The summed E-state index contributed by atoms with van der Waals surface area (Å²) in [5.41, 5.74) is 1.15. The van der Waals surface area contributed by atoms with E-state index in [1.54, 1.807) is 11.3 Å². The fourth-order valence-corrected chi connectivity index (χ4v) is 2.45. The highest BCUT2D eigenvalue weighted by Gasteiger charge is 2.40. The average molecular weight is 245 g/mol. The second-order valence-electron chi connectivity index (χ2n) is 4.27. The zero-order valence-electron chi connectivity index (χ0n) is 9.22. The van der Waals surface area contributed by atoms with Gasteiger partial charge in [0.25, 0.3) is 0 Å². The minimum atomic E-state index is 0.0534. The third-order valence-corrected chi connectivity index (χ3v) is 4.36. The Morgan fingerprint density at radius 2 is 2.40 bits per heavy atom. The van der Waals surface area contributed by atoms with Gasteiger partial charge in [0.2, 0.25) is 0 Å². The number of aryl methyl sites for hydroxylation is 1. The van der Waals surface area contributed by atoms with Gasteiger partial charge in [-0.3, -0.25) is 0 Å². The summed E-state index contributed by atoms with van der Waals surface area (Å²) in [6, 6.07) is 0.317. The summed E-state index contributed by atoms with van der Waals surface area (Å²) in [5, 5.41) is 6.81. The van der Waals surface area contributed by atoms with Crippen LogP contribution in [0.15, 0.2) is 5.38 Å². The quantitative estimate of drug-likeness (QED) is 0.805. The Balaban J connectivity index is 1.86. The van der Waals surface area contributed by atoms with Crippen LogP contribution in [0.4, 0.5) is 0 Å². The zero-order chi connectivity index (χ0) is 10.9. The molecule has 1 unspecified atom stereocenters. The number of hydrogen-bond donors (Lipinski definition) is 1. The Bertz CT molecular complexity index is 333. The molecule has 0 amide bonds. The Morgan fingerprint density at radius 1 is 1.67 bits per heavy atom. The van der Waals surface area contributed by atoms with Crippen molar-refractivity contribution < 1.29 is 0 Å². The highest BCUT2D eigenvalue weighted by Crippen LogP contribution is 2.42. The molecule has 4 heteroatoms. The van der Waals surface area contributed by atoms with E-state index >= 15 is 0 Å². The molecule has 0 saturated heterocycles. The molecule has 1 aliphatic rings. The van der Waals surface area contributed by atoms with Crippen molar-refractivity contribution in [3.63, 3.8) is 0 Å². The van der Waals surface area contributed by atoms with Gasteiger partial charge in [0, 0.05) is 18.0 Å². The summed E-state index contributed by atoms with van der Waals surface area (Å²) in [7, 11) is 0. The summed E-state index contributed by atoms with van der Waals surface area (Å²) < 4.78 is 0. The molecule has 15 heavy (non-hydrogen) atoms. The monoisotopic (exact) mass is 244 g/mol. The molecular formula is C11H17ClN2S. The van der Waals surface area contributed by atoms with Gasteiger partial charge in [0.05, 0.1) is 15.6 Å². The van der Waals surface area contributed by atoms with Gasteiger partial charge in [-0.2, -0.15) is 0 Å². The van der Waals surface area contributed by atoms with E-state index in [-0.39, 0.29) is 4.87 Å². The van der Waals surface area contributed by atoms with Crippen LogP contribution in [0.3, 0.4) is 0 Å². The van der Waals surface area contributed by atoms with Crippen LogP contribution in [-0.2, 0) is 6.42 Å². The topological polar surface area (TPSA) is 24.9 Å². The van der Waals surface area contributed by atoms with Gasteiger partial charge in [-0.25, -0.2) is 4.98 Å². The van der Waals surface area contributed by atoms with E-state index in [0.717, 1.165) is 31.5 Å². The molecule has 2 rings (SSSR count). The van der Waals surface area contributed by atoms with E-state index < -0.39 is 0 Å². The first-order valence-corrected chi connectivity index (χ1v) is 6.75. The molecule has 84 valence electrons. The van der Waals surface area contributed by atoms with Crippen molar-refractivity contribution >= 4 is 22.9 Å². The van der Waals surface area contributed by atoms with Crippen LogP contribution in [0, 0.1) is 0 Å². The largest absolute Gasteiger partial charge is 0.307 e. The predicted molar refractivity (Wildman–Crippen MR) is 65.7 cm³/mol. The number of alkyl halides is 1. The number of hydrogen-bond acceptors (Lipinski definition) is 3. The molecule has 0 aliphatic heterocycles. The lowest BCUT2D eigenvalue weighted by atomic mass is 10.2. The van der Waals surface area contributed by atoms with Crippen LogP contribution >= 0.6 is 22.9 Å². The molecule has 0 bridgehead atoms. The Morgan fingerprint density at radius 3 is 2.93 bits per heavy atom. The van der Waals surface area contributed by atoms with Crippen LogP contribution < -0.4 is 5.32 Å². The van der Waals surface area contributed by atoms with E-state index in [2.05, 4.69) is 29.5 Å². The standard InChI is InChI=1S/C11H17ClN2S/c1-3-10-14-9(6-15-10)8(2)13-7-11(12)4-5-11/h6,8,13H,3-5,7H2,1-2H3.